The monoisotopic (exact) mass is 243 g/mol. The summed E-state index contributed by atoms with van der Waals surface area (Å²) in [7, 11) is 0. The van der Waals surface area contributed by atoms with Gasteiger partial charge in [0.25, 0.3) is 5.91 Å². The third-order valence-corrected chi connectivity index (χ3v) is 2.14. The summed E-state index contributed by atoms with van der Waals surface area (Å²) in [6.45, 7) is 0.881. The van der Waals surface area contributed by atoms with Crippen LogP contribution in [-0.4, -0.2) is 68.9 Å². The molecule has 8 nitrogen and oxygen atoms in total. The zero-order valence-corrected chi connectivity index (χ0v) is 9.49. The Morgan fingerprint density at radius 1 is 1.41 bits per heavy atom. The first-order chi connectivity index (χ1) is 8.22. The van der Waals surface area contributed by atoms with Crippen LogP contribution in [0.5, 0.6) is 0 Å². The lowest BCUT2D eigenvalue weighted by molar-refractivity contribution is 0.0679. The van der Waals surface area contributed by atoms with Crippen molar-refractivity contribution in [2.75, 3.05) is 32.8 Å². The fourth-order valence-electron chi connectivity index (χ4n) is 1.36. The topological polar surface area (TPSA) is 118 Å². The molecule has 8 heteroatoms. The molecule has 0 fully saturated rings. The SMILES string of the molecule is NCCn1cc(C(=O)N(CCO)CCO)nn1. The van der Waals surface area contributed by atoms with E-state index in [1.54, 1.807) is 0 Å². The van der Waals surface area contributed by atoms with Gasteiger partial charge in [0.05, 0.1) is 26.0 Å². The predicted molar refractivity (Wildman–Crippen MR) is 59.2 cm³/mol. The summed E-state index contributed by atoms with van der Waals surface area (Å²) in [5.41, 5.74) is 5.53. The van der Waals surface area contributed by atoms with Crippen molar-refractivity contribution in [3.05, 3.63) is 11.9 Å². The zero-order chi connectivity index (χ0) is 12.7. The number of hydrogen-bond acceptors (Lipinski definition) is 6. The standard InChI is InChI=1S/C9H17N5O3/c10-1-2-14-7-8(11-12-14)9(17)13(3-5-15)4-6-16/h7,15-16H,1-6,10H2. The number of carbonyl (C=O) groups is 1. The highest BCUT2D eigenvalue weighted by atomic mass is 16.3. The molecule has 0 saturated heterocycles. The fraction of sp³-hybridized carbons (Fsp3) is 0.667. The summed E-state index contributed by atoms with van der Waals surface area (Å²) in [4.78, 5) is 13.2. The third kappa shape index (κ3) is 3.77. The molecule has 0 saturated carbocycles. The number of rotatable bonds is 7. The summed E-state index contributed by atoms with van der Waals surface area (Å²) in [5, 5.41) is 25.1. The van der Waals surface area contributed by atoms with E-state index >= 15 is 0 Å². The molecule has 4 N–H and O–H groups in total. The molecule has 96 valence electrons. The summed E-state index contributed by atoms with van der Waals surface area (Å²) < 4.78 is 1.48. The van der Waals surface area contributed by atoms with Gasteiger partial charge in [-0.1, -0.05) is 5.21 Å². The first-order valence-electron chi connectivity index (χ1n) is 5.34. The fourth-order valence-corrected chi connectivity index (χ4v) is 1.36. The number of amides is 1. The molecule has 0 aromatic carbocycles. The average Bonchev–Trinajstić information content (AvgIpc) is 2.77. The van der Waals surface area contributed by atoms with Gasteiger partial charge < -0.3 is 20.8 Å². The highest BCUT2D eigenvalue weighted by Gasteiger charge is 2.18. The van der Waals surface area contributed by atoms with E-state index in [-0.39, 0.29) is 37.9 Å². The molecule has 0 spiro atoms. The first kappa shape index (κ1) is 13.6. The molecule has 1 amide bonds. The summed E-state index contributed by atoms with van der Waals surface area (Å²) in [5.74, 6) is -0.364. The minimum Gasteiger partial charge on any atom is -0.395 e. The van der Waals surface area contributed by atoms with Crippen LogP contribution in [0.4, 0.5) is 0 Å². The molecular weight excluding hydrogens is 226 g/mol. The lowest BCUT2D eigenvalue weighted by Gasteiger charge is -2.18. The zero-order valence-electron chi connectivity index (χ0n) is 9.49. The second-order valence-corrected chi connectivity index (χ2v) is 3.39. The Balaban J connectivity index is 2.70. The number of aromatic nitrogens is 3. The molecule has 1 aromatic rings. The van der Waals surface area contributed by atoms with Gasteiger partial charge in [-0.2, -0.15) is 0 Å². The Morgan fingerprint density at radius 2 is 2.06 bits per heavy atom. The van der Waals surface area contributed by atoms with Crippen molar-refractivity contribution >= 4 is 5.91 Å². The van der Waals surface area contributed by atoms with E-state index in [0.717, 1.165) is 0 Å². The van der Waals surface area contributed by atoms with Crippen LogP contribution in [0.2, 0.25) is 0 Å². The van der Waals surface area contributed by atoms with Crippen LogP contribution in [-0.2, 0) is 6.54 Å². The lowest BCUT2D eigenvalue weighted by Crippen LogP contribution is -2.36. The Kier molecular flexibility index (Phi) is 5.53. The maximum atomic E-state index is 11.9. The van der Waals surface area contributed by atoms with Gasteiger partial charge in [-0.25, -0.2) is 0 Å². The van der Waals surface area contributed by atoms with Crippen molar-refractivity contribution in [3.8, 4) is 0 Å². The molecule has 0 atom stereocenters. The highest BCUT2D eigenvalue weighted by molar-refractivity contribution is 5.91. The minimum absolute atomic E-state index is 0.156. The molecule has 0 aliphatic rings. The first-order valence-corrected chi connectivity index (χ1v) is 5.34. The largest absolute Gasteiger partial charge is 0.395 e. The van der Waals surface area contributed by atoms with Crippen LogP contribution in [0, 0.1) is 0 Å². The summed E-state index contributed by atoms with van der Waals surface area (Å²) >= 11 is 0. The number of carbonyl (C=O) groups excluding carboxylic acids is 1. The van der Waals surface area contributed by atoms with Crippen molar-refractivity contribution in [3.63, 3.8) is 0 Å². The Morgan fingerprint density at radius 3 is 2.59 bits per heavy atom. The highest BCUT2D eigenvalue weighted by Crippen LogP contribution is 2.00. The average molecular weight is 243 g/mol. The molecule has 0 aliphatic heterocycles. The molecule has 0 aliphatic carbocycles. The molecule has 1 aromatic heterocycles. The second-order valence-electron chi connectivity index (χ2n) is 3.39. The third-order valence-electron chi connectivity index (χ3n) is 2.14. The second kappa shape index (κ2) is 6.94. The van der Waals surface area contributed by atoms with Crippen LogP contribution in [0.3, 0.4) is 0 Å². The number of nitrogens with two attached hydrogens (primary N) is 1. The van der Waals surface area contributed by atoms with Crippen molar-refractivity contribution < 1.29 is 15.0 Å². The van der Waals surface area contributed by atoms with E-state index in [1.807, 2.05) is 0 Å². The Hall–Kier alpha value is -1.51. The number of hydrogen-bond donors (Lipinski definition) is 3. The summed E-state index contributed by atoms with van der Waals surface area (Å²) in [6.07, 6.45) is 1.50. The maximum absolute atomic E-state index is 11.9. The van der Waals surface area contributed by atoms with Crippen LogP contribution in [0.1, 0.15) is 10.5 Å². The van der Waals surface area contributed by atoms with Gasteiger partial charge in [0, 0.05) is 19.6 Å². The quantitative estimate of drug-likeness (QED) is 0.494. The molecule has 1 rings (SSSR count). The van der Waals surface area contributed by atoms with Gasteiger partial charge in [-0.15, -0.1) is 5.10 Å². The van der Waals surface area contributed by atoms with Gasteiger partial charge in [0.15, 0.2) is 5.69 Å². The lowest BCUT2D eigenvalue weighted by atomic mass is 10.3. The molecule has 0 bridgehead atoms. The van der Waals surface area contributed by atoms with Gasteiger partial charge >= 0.3 is 0 Å². The predicted octanol–water partition coefficient (Wildman–Crippen LogP) is -2.34. The molecule has 17 heavy (non-hydrogen) atoms. The van der Waals surface area contributed by atoms with Gasteiger partial charge in [0.1, 0.15) is 0 Å². The molecule has 0 radical (unpaired) electrons. The molecule has 0 unspecified atom stereocenters. The van der Waals surface area contributed by atoms with E-state index in [4.69, 9.17) is 15.9 Å². The van der Waals surface area contributed by atoms with Crippen LogP contribution in [0.25, 0.3) is 0 Å². The van der Waals surface area contributed by atoms with Crippen molar-refractivity contribution in [1.29, 1.82) is 0 Å². The van der Waals surface area contributed by atoms with Gasteiger partial charge in [-0.05, 0) is 0 Å². The van der Waals surface area contributed by atoms with E-state index in [2.05, 4.69) is 10.3 Å². The van der Waals surface area contributed by atoms with Crippen molar-refractivity contribution in [2.24, 2.45) is 5.73 Å². The normalized spacial score (nSPS) is 10.5. The Labute approximate surface area is 98.6 Å². The maximum Gasteiger partial charge on any atom is 0.276 e. The number of aliphatic hydroxyl groups is 2. The number of nitrogens with zero attached hydrogens (tertiary/aromatic N) is 4. The minimum atomic E-state index is -0.364. The van der Waals surface area contributed by atoms with Gasteiger partial charge in [0.2, 0.25) is 0 Å². The van der Waals surface area contributed by atoms with Crippen molar-refractivity contribution in [2.45, 2.75) is 6.54 Å². The van der Waals surface area contributed by atoms with Crippen molar-refractivity contribution in [1.82, 2.24) is 19.9 Å². The van der Waals surface area contributed by atoms with E-state index < -0.39 is 0 Å². The smallest absolute Gasteiger partial charge is 0.276 e. The summed E-state index contributed by atoms with van der Waals surface area (Å²) in [6, 6.07) is 0. The van der Waals surface area contributed by atoms with Crippen LogP contribution < -0.4 is 5.73 Å². The van der Waals surface area contributed by atoms with Crippen LogP contribution >= 0.6 is 0 Å². The number of aliphatic hydroxyl groups excluding tert-OH is 2. The van der Waals surface area contributed by atoms with Crippen LogP contribution in [0.15, 0.2) is 6.20 Å². The van der Waals surface area contributed by atoms with E-state index in [9.17, 15) is 4.79 Å². The van der Waals surface area contributed by atoms with E-state index in [1.165, 1.54) is 15.8 Å². The molecular formula is C9H17N5O3. The molecule has 1 heterocycles. The van der Waals surface area contributed by atoms with E-state index in [0.29, 0.717) is 13.1 Å². The Bertz CT molecular complexity index is 348. The van der Waals surface area contributed by atoms with Gasteiger partial charge in [-0.3, -0.25) is 9.48 Å².